The van der Waals surface area contributed by atoms with Crippen LogP contribution in [0.2, 0.25) is 0 Å². The second-order valence-corrected chi connectivity index (χ2v) is 25.3. The summed E-state index contributed by atoms with van der Waals surface area (Å²) in [4.78, 5) is 134. The largest absolute Gasteiger partial charge is 0.361 e. The third-order valence-electron chi connectivity index (χ3n) is 16.3. The molecule has 1 aliphatic heterocycles. The Balaban J connectivity index is 1.14. The highest BCUT2D eigenvalue weighted by Crippen LogP contribution is 2.25. The van der Waals surface area contributed by atoms with E-state index in [4.69, 9.17) is 0 Å². The summed E-state index contributed by atoms with van der Waals surface area (Å²) in [5.41, 5.74) is 5.98. The number of aromatic nitrogens is 4. The highest BCUT2D eigenvalue weighted by molar-refractivity contribution is 6.00. The number of para-hydroxylation sites is 4. The number of amides is 8. The lowest BCUT2D eigenvalue weighted by Crippen LogP contribution is -2.62. The molecule has 0 bridgehead atoms. The average molecular weight is 1200 g/mol. The zero-order chi connectivity index (χ0) is 62.8. The van der Waals surface area contributed by atoms with Crippen LogP contribution in [-0.4, -0.2) is 116 Å². The van der Waals surface area contributed by atoms with Gasteiger partial charge in [0.05, 0.1) is 0 Å². The van der Waals surface area contributed by atoms with E-state index in [1.54, 1.807) is 24.8 Å². The SMILES string of the molecule is CC(C)C[C@@H]1NC(=O)[C@H](Cc2c[nH]c3ccccc23)NC(=O)[C@H](CC(C)C)NC(=O)[C@H](Cc2c[nH]c3ccccc23)NC(=O)[C@H](CC(C)C)NC(=O)[C@H](Cc2c[nH]c3ccccc23)NC(=O)[C@H](CC(C)C)NC(=O)[C@H](Cc2c[nH]c3ccccc23)NC1=O. The van der Waals surface area contributed by atoms with Gasteiger partial charge in [-0.2, -0.15) is 0 Å². The molecule has 4 aromatic heterocycles. The molecule has 0 radical (unpaired) electrons. The molecule has 8 atom stereocenters. The number of benzene rings is 4. The minimum atomic E-state index is -1.31. The van der Waals surface area contributed by atoms with Gasteiger partial charge in [0, 0.05) is 94.1 Å². The Labute approximate surface area is 512 Å². The van der Waals surface area contributed by atoms with Crippen LogP contribution in [0, 0.1) is 23.7 Å². The lowest BCUT2D eigenvalue weighted by atomic mass is 9.97. The molecule has 1 fully saturated rings. The number of fused-ring (bicyclic) bond motifs is 4. The minimum absolute atomic E-state index is 0.0321. The van der Waals surface area contributed by atoms with Crippen molar-refractivity contribution in [2.75, 3.05) is 0 Å². The summed E-state index contributed by atoms with van der Waals surface area (Å²) in [5.74, 6) is -6.16. The Kier molecular flexibility index (Phi) is 20.5. The molecular formula is C68H84N12O8. The van der Waals surface area contributed by atoms with Crippen molar-refractivity contribution in [1.82, 2.24) is 62.5 Å². The average Bonchev–Trinajstić information content (AvgIpc) is 3.36. The van der Waals surface area contributed by atoms with Crippen molar-refractivity contribution in [1.29, 1.82) is 0 Å². The first-order valence-corrected chi connectivity index (χ1v) is 30.8. The fourth-order valence-corrected chi connectivity index (χ4v) is 11.9. The Morgan fingerprint density at radius 1 is 0.261 bits per heavy atom. The fourth-order valence-electron chi connectivity index (χ4n) is 11.9. The third-order valence-corrected chi connectivity index (χ3v) is 16.3. The van der Waals surface area contributed by atoms with Crippen molar-refractivity contribution in [2.45, 2.75) is 155 Å². The predicted octanol–water partition coefficient (Wildman–Crippen LogP) is 6.96. The van der Waals surface area contributed by atoms with E-state index in [-0.39, 0.29) is 75.0 Å². The Morgan fingerprint density at radius 3 is 0.625 bits per heavy atom. The number of H-pyrrole nitrogens is 4. The van der Waals surface area contributed by atoms with E-state index in [9.17, 15) is 0 Å². The maximum Gasteiger partial charge on any atom is 0.243 e. The zero-order valence-corrected chi connectivity index (χ0v) is 51.4. The van der Waals surface area contributed by atoms with E-state index in [0.29, 0.717) is 22.3 Å². The summed E-state index contributed by atoms with van der Waals surface area (Å²) >= 11 is 0. The first-order chi connectivity index (χ1) is 42.2. The zero-order valence-electron chi connectivity index (χ0n) is 51.4. The van der Waals surface area contributed by atoms with Crippen LogP contribution in [0.1, 0.15) is 103 Å². The van der Waals surface area contributed by atoms with Gasteiger partial charge in [-0.3, -0.25) is 38.4 Å². The lowest BCUT2D eigenvalue weighted by molar-refractivity contribution is -0.137. The molecule has 0 aliphatic carbocycles. The molecule has 8 aromatic rings. The predicted molar refractivity (Wildman–Crippen MR) is 341 cm³/mol. The normalized spacial score (nSPS) is 22.0. The van der Waals surface area contributed by atoms with Gasteiger partial charge in [0.15, 0.2) is 0 Å². The van der Waals surface area contributed by atoms with Gasteiger partial charge in [-0.25, -0.2) is 0 Å². The molecule has 20 nitrogen and oxygen atoms in total. The van der Waals surface area contributed by atoms with Crippen molar-refractivity contribution >= 4 is 90.9 Å². The summed E-state index contributed by atoms with van der Waals surface area (Å²) in [7, 11) is 0. The van der Waals surface area contributed by atoms with Gasteiger partial charge in [0.25, 0.3) is 0 Å². The first-order valence-electron chi connectivity index (χ1n) is 30.8. The number of aromatic amines is 4. The van der Waals surface area contributed by atoms with E-state index in [1.165, 1.54) is 0 Å². The molecule has 1 aliphatic rings. The van der Waals surface area contributed by atoms with E-state index in [2.05, 4.69) is 62.5 Å². The summed E-state index contributed by atoms with van der Waals surface area (Å²) in [6.45, 7) is 15.2. The van der Waals surface area contributed by atoms with Gasteiger partial charge >= 0.3 is 0 Å². The maximum absolute atomic E-state index is 15.2. The Bertz CT molecular complexity index is 3310. The number of hydrogen-bond acceptors (Lipinski definition) is 8. The number of carbonyl (C=O) groups is 8. The molecule has 12 N–H and O–H groups in total. The number of hydrogen-bond donors (Lipinski definition) is 12. The number of nitrogens with one attached hydrogen (secondary N) is 12. The maximum atomic E-state index is 15.2. The van der Waals surface area contributed by atoms with Crippen molar-refractivity contribution in [3.05, 3.63) is 144 Å². The molecule has 9 rings (SSSR count). The van der Waals surface area contributed by atoms with Gasteiger partial charge < -0.3 is 62.5 Å². The van der Waals surface area contributed by atoms with Crippen LogP contribution in [0.25, 0.3) is 43.6 Å². The van der Waals surface area contributed by atoms with Gasteiger partial charge in [0.2, 0.25) is 47.3 Å². The monoisotopic (exact) mass is 1200 g/mol. The van der Waals surface area contributed by atoms with Gasteiger partial charge in [0.1, 0.15) is 48.3 Å². The molecular weight excluding hydrogens is 1110 g/mol. The van der Waals surface area contributed by atoms with Crippen LogP contribution >= 0.6 is 0 Å². The van der Waals surface area contributed by atoms with Crippen molar-refractivity contribution < 1.29 is 38.4 Å². The molecule has 0 saturated carbocycles. The van der Waals surface area contributed by atoms with E-state index in [1.807, 2.05) is 152 Å². The molecule has 4 aromatic carbocycles. The third kappa shape index (κ3) is 15.9. The first kappa shape index (κ1) is 63.3. The molecule has 5 heterocycles. The molecule has 0 spiro atoms. The molecule has 8 amide bonds. The number of carbonyl (C=O) groups excluding carboxylic acids is 8. The van der Waals surface area contributed by atoms with E-state index in [0.717, 1.165) is 43.6 Å². The second-order valence-electron chi connectivity index (χ2n) is 25.3. The lowest BCUT2D eigenvalue weighted by Gasteiger charge is -2.30. The fraction of sp³-hybridized carbons (Fsp3) is 0.412. The van der Waals surface area contributed by atoms with Crippen molar-refractivity contribution in [3.8, 4) is 0 Å². The van der Waals surface area contributed by atoms with Crippen LogP contribution in [0.3, 0.4) is 0 Å². The standard InChI is InChI=1S/C68H84N12O8/c1-37(2)25-53-61(81)77-58(30-42-34-70-50-22-14-10-18-46(42)50)66(86)74-55(27-39(5)6)63(83)79-60(32-44-36-72-52-24-16-12-20-48(44)52)68(88)76-56(28-40(7)8)64(84)80-59(31-43-35-71-51-23-15-11-19-47(43)51)67(87)75-54(26-38(3)4)62(82)78-57(65(85)73-53)29-41-33-69-49-21-13-9-17-45(41)49/h9-24,33-40,53-60,69-72H,25-32H2,1-8H3,(H,73,85)(H,74,86)(H,75,87)(H,76,88)(H,77,81)(H,78,82)(H,79,83)(H,80,84)/t53-,54-,55-,56-,57-,58-,59-,60-/m0/s1. The van der Waals surface area contributed by atoms with Crippen molar-refractivity contribution in [2.24, 2.45) is 23.7 Å². The molecule has 0 unspecified atom stereocenters. The van der Waals surface area contributed by atoms with Gasteiger partial charge in [-0.05, 0) is 95.9 Å². The van der Waals surface area contributed by atoms with Crippen LogP contribution < -0.4 is 42.5 Å². The quantitative estimate of drug-likeness (QED) is 0.0479. The number of rotatable bonds is 16. The van der Waals surface area contributed by atoms with Crippen LogP contribution in [0.4, 0.5) is 0 Å². The summed E-state index contributed by atoms with van der Waals surface area (Å²) < 4.78 is 0. The second kappa shape index (κ2) is 28.5. The van der Waals surface area contributed by atoms with E-state index < -0.39 is 95.6 Å². The van der Waals surface area contributed by atoms with Gasteiger partial charge in [-0.15, -0.1) is 0 Å². The summed E-state index contributed by atoms with van der Waals surface area (Å²) in [5, 5.41) is 26.9. The summed E-state index contributed by atoms with van der Waals surface area (Å²) in [6.07, 6.45) is 7.42. The molecule has 1 saturated heterocycles. The van der Waals surface area contributed by atoms with Crippen LogP contribution in [0.5, 0.6) is 0 Å². The van der Waals surface area contributed by atoms with Gasteiger partial charge in [-0.1, -0.05) is 128 Å². The van der Waals surface area contributed by atoms with Crippen LogP contribution in [0.15, 0.2) is 122 Å². The highest BCUT2D eigenvalue weighted by Gasteiger charge is 2.38. The summed E-state index contributed by atoms with van der Waals surface area (Å²) in [6, 6.07) is 19.9. The Hall–Kier alpha value is -9.20. The van der Waals surface area contributed by atoms with Crippen molar-refractivity contribution in [3.63, 3.8) is 0 Å². The Morgan fingerprint density at radius 2 is 0.432 bits per heavy atom. The topological polar surface area (TPSA) is 296 Å². The molecule has 464 valence electrons. The molecule has 88 heavy (non-hydrogen) atoms. The van der Waals surface area contributed by atoms with E-state index >= 15 is 38.4 Å². The highest BCUT2D eigenvalue weighted by atomic mass is 16.2. The minimum Gasteiger partial charge on any atom is -0.361 e. The smallest absolute Gasteiger partial charge is 0.243 e. The molecule has 20 heteroatoms. The van der Waals surface area contributed by atoms with Crippen LogP contribution in [-0.2, 0) is 64.0 Å².